The third-order valence-corrected chi connectivity index (χ3v) is 7.85. The van der Waals surface area contributed by atoms with Crippen LogP contribution in [0.1, 0.15) is 126 Å². The predicted octanol–water partition coefficient (Wildman–Crippen LogP) is 9.68. The van der Waals surface area contributed by atoms with Crippen LogP contribution in [0.15, 0.2) is 35.7 Å². The van der Waals surface area contributed by atoms with Gasteiger partial charge < -0.3 is 4.74 Å². The minimum absolute atomic E-state index is 0.248. The van der Waals surface area contributed by atoms with Crippen molar-refractivity contribution < 1.29 is 9.53 Å². The number of hydrogen-bond acceptors (Lipinski definition) is 4. The molecule has 2 heterocycles. The Morgan fingerprint density at radius 3 is 2.03 bits per heavy atom. The fourth-order valence-corrected chi connectivity index (χ4v) is 5.70. The van der Waals surface area contributed by atoms with Gasteiger partial charge in [0.25, 0.3) is 0 Å². The van der Waals surface area contributed by atoms with Crippen LogP contribution in [0.3, 0.4) is 0 Å². The zero-order valence-electron chi connectivity index (χ0n) is 22.6. The first-order chi connectivity index (χ1) is 17.7. The van der Waals surface area contributed by atoms with Crippen LogP contribution in [0, 0.1) is 0 Å². The number of carbonyl (C=O) groups is 1. The van der Waals surface area contributed by atoms with Gasteiger partial charge in [-0.3, -0.25) is 4.57 Å². The van der Waals surface area contributed by atoms with Gasteiger partial charge in [-0.1, -0.05) is 109 Å². The summed E-state index contributed by atoms with van der Waals surface area (Å²) in [6.07, 6.45) is 21.5. The summed E-state index contributed by atoms with van der Waals surface area (Å²) in [5.74, 6) is 0.834. The number of ether oxygens (including phenoxy) is 1. The standard InChI is InChI=1S/C31H46N2O2S/c1-3-5-6-7-8-9-10-11-12-13-14-15-16-17-18-23-30-32-27-21-19-20-22-28(27)33(30)26-24-29(36-25-26)31(34)35-4-2/h19-22,24-25H,3-18,23H2,1-2H3. The smallest absolute Gasteiger partial charge is 0.348 e. The second kappa shape index (κ2) is 16.6. The van der Waals surface area contributed by atoms with Gasteiger partial charge in [-0.2, -0.15) is 0 Å². The van der Waals surface area contributed by atoms with Gasteiger partial charge in [-0.15, -0.1) is 11.3 Å². The molecule has 2 aromatic heterocycles. The lowest BCUT2D eigenvalue weighted by atomic mass is 10.0. The Morgan fingerprint density at radius 2 is 1.42 bits per heavy atom. The van der Waals surface area contributed by atoms with E-state index < -0.39 is 0 Å². The number of imidazole rings is 1. The molecule has 0 aliphatic heterocycles. The highest BCUT2D eigenvalue weighted by molar-refractivity contribution is 7.12. The van der Waals surface area contributed by atoms with Crippen LogP contribution < -0.4 is 0 Å². The molecule has 0 amide bonds. The van der Waals surface area contributed by atoms with Crippen LogP contribution in [0.2, 0.25) is 0 Å². The van der Waals surface area contributed by atoms with Crippen molar-refractivity contribution in [3.8, 4) is 5.69 Å². The molecule has 0 saturated carbocycles. The highest BCUT2D eigenvalue weighted by Crippen LogP contribution is 2.27. The fraction of sp³-hybridized carbons (Fsp3) is 0.613. The number of esters is 1. The number of nitrogens with zero attached hydrogens (tertiary/aromatic N) is 2. The van der Waals surface area contributed by atoms with Gasteiger partial charge in [0.05, 0.1) is 23.3 Å². The number of thiophene rings is 1. The van der Waals surface area contributed by atoms with Gasteiger partial charge >= 0.3 is 5.97 Å². The number of carbonyl (C=O) groups excluding carboxylic acids is 1. The normalized spacial score (nSPS) is 11.4. The van der Waals surface area contributed by atoms with Crippen LogP contribution >= 0.6 is 11.3 Å². The number of benzene rings is 1. The van der Waals surface area contributed by atoms with Gasteiger partial charge in [0, 0.05) is 11.8 Å². The van der Waals surface area contributed by atoms with Crippen LogP contribution in [0.5, 0.6) is 0 Å². The molecule has 1 aromatic carbocycles. The molecule has 0 aliphatic carbocycles. The summed E-state index contributed by atoms with van der Waals surface area (Å²) >= 11 is 1.44. The lowest BCUT2D eigenvalue weighted by Gasteiger charge is -2.07. The Morgan fingerprint density at radius 1 is 0.833 bits per heavy atom. The summed E-state index contributed by atoms with van der Waals surface area (Å²) in [7, 11) is 0. The molecule has 36 heavy (non-hydrogen) atoms. The van der Waals surface area contributed by atoms with E-state index in [4.69, 9.17) is 9.72 Å². The van der Waals surface area contributed by atoms with Crippen molar-refractivity contribution in [1.82, 2.24) is 9.55 Å². The molecule has 198 valence electrons. The number of hydrogen-bond donors (Lipinski definition) is 0. The molecule has 0 fully saturated rings. The van der Waals surface area contributed by atoms with Crippen molar-refractivity contribution in [3.05, 3.63) is 46.4 Å². The van der Waals surface area contributed by atoms with E-state index in [1.807, 2.05) is 24.4 Å². The summed E-state index contributed by atoms with van der Waals surface area (Å²) in [5.41, 5.74) is 3.12. The zero-order valence-corrected chi connectivity index (χ0v) is 23.4. The maximum absolute atomic E-state index is 12.2. The molecule has 5 heteroatoms. The quantitative estimate of drug-likeness (QED) is 0.119. The third kappa shape index (κ3) is 9.06. The topological polar surface area (TPSA) is 44.1 Å². The molecular weight excluding hydrogens is 464 g/mol. The monoisotopic (exact) mass is 510 g/mol. The third-order valence-electron chi connectivity index (χ3n) is 6.95. The van der Waals surface area contributed by atoms with Crippen molar-refractivity contribution in [3.63, 3.8) is 0 Å². The minimum atomic E-state index is -0.248. The van der Waals surface area contributed by atoms with E-state index in [-0.39, 0.29) is 5.97 Å². The lowest BCUT2D eigenvalue weighted by Crippen LogP contribution is -2.03. The summed E-state index contributed by atoms with van der Waals surface area (Å²) in [5, 5.41) is 2.04. The molecule has 0 saturated heterocycles. The Bertz CT molecular complexity index is 1020. The first-order valence-corrected chi connectivity index (χ1v) is 15.3. The molecule has 0 aliphatic rings. The molecule has 0 bridgehead atoms. The highest BCUT2D eigenvalue weighted by Gasteiger charge is 2.16. The molecule has 0 radical (unpaired) electrons. The van der Waals surface area contributed by atoms with E-state index >= 15 is 0 Å². The molecule has 0 unspecified atom stereocenters. The average molecular weight is 511 g/mol. The molecule has 3 aromatic rings. The Balaban J connectivity index is 1.37. The van der Waals surface area contributed by atoms with E-state index in [2.05, 4.69) is 29.7 Å². The van der Waals surface area contributed by atoms with E-state index in [0.29, 0.717) is 11.5 Å². The number of aryl methyl sites for hydroxylation is 1. The van der Waals surface area contributed by atoms with Crippen molar-refractivity contribution >= 4 is 28.3 Å². The van der Waals surface area contributed by atoms with Gasteiger partial charge in [0.1, 0.15) is 10.7 Å². The van der Waals surface area contributed by atoms with Crippen LogP contribution in [0.25, 0.3) is 16.7 Å². The van der Waals surface area contributed by atoms with Crippen LogP contribution in [-0.4, -0.2) is 22.1 Å². The Kier molecular flexibility index (Phi) is 13.1. The van der Waals surface area contributed by atoms with E-state index in [0.717, 1.165) is 35.4 Å². The van der Waals surface area contributed by atoms with Crippen molar-refractivity contribution in [2.75, 3.05) is 6.61 Å². The van der Waals surface area contributed by atoms with Crippen LogP contribution in [-0.2, 0) is 11.2 Å². The van der Waals surface area contributed by atoms with Crippen molar-refractivity contribution in [1.29, 1.82) is 0 Å². The number of aromatic nitrogens is 2. The average Bonchev–Trinajstić information content (AvgIpc) is 3.51. The number of unbranched alkanes of at least 4 members (excludes halogenated alkanes) is 14. The largest absolute Gasteiger partial charge is 0.462 e. The molecule has 4 nitrogen and oxygen atoms in total. The van der Waals surface area contributed by atoms with E-state index in [9.17, 15) is 4.79 Å². The van der Waals surface area contributed by atoms with Crippen molar-refractivity contribution in [2.24, 2.45) is 0 Å². The van der Waals surface area contributed by atoms with Gasteiger partial charge in [0.15, 0.2) is 0 Å². The first kappa shape index (κ1) is 28.4. The number of rotatable bonds is 19. The molecule has 3 rings (SSSR count). The second-order valence-electron chi connectivity index (χ2n) is 9.94. The first-order valence-electron chi connectivity index (χ1n) is 14.5. The number of fused-ring (bicyclic) bond motifs is 1. The summed E-state index contributed by atoms with van der Waals surface area (Å²) in [6, 6.07) is 10.2. The Hall–Kier alpha value is -2.14. The Labute approximate surface area is 222 Å². The fourth-order valence-electron chi connectivity index (χ4n) is 4.94. The maximum Gasteiger partial charge on any atom is 0.348 e. The van der Waals surface area contributed by atoms with Gasteiger partial charge in [0.2, 0.25) is 0 Å². The molecule has 0 N–H and O–H groups in total. The highest BCUT2D eigenvalue weighted by atomic mass is 32.1. The summed E-state index contributed by atoms with van der Waals surface area (Å²) in [6.45, 7) is 4.52. The summed E-state index contributed by atoms with van der Waals surface area (Å²) < 4.78 is 7.40. The van der Waals surface area contributed by atoms with Gasteiger partial charge in [-0.25, -0.2) is 9.78 Å². The van der Waals surface area contributed by atoms with Crippen molar-refractivity contribution in [2.45, 2.75) is 117 Å². The van der Waals surface area contributed by atoms with Gasteiger partial charge in [-0.05, 0) is 31.5 Å². The van der Waals surface area contributed by atoms with E-state index in [1.165, 1.54) is 101 Å². The second-order valence-corrected chi connectivity index (χ2v) is 10.9. The van der Waals surface area contributed by atoms with E-state index in [1.54, 1.807) is 0 Å². The predicted molar refractivity (Wildman–Crippen MR) is 154 cm³/mol. The minimum Gasteiger partial charge on any atom is -0.462 e. The number of para-hydroxylation sites is 2. The molecule has 0 atom stereocenters. The molecule has 0 spiro atoms. The van der Waals surface area contributed by atoms with Crippen LogP contribution in [0.4, 0.5) is 0 Å². The zero-order chi connectivity index (χ0) is 25.4. The lowest BCUT2D eigenvalue weighted by molar-refractivity contribution is 0.0532. The maximum atomic E-state index is 12.2. The summed E-state index contributed by atoms with van der Waals surface area (Å²) in [4.78, 5) is 17.7. The SMILES string of the molecule is CCCCCCCCCCCCCCCCCc1nc2ccccc2n1-c1csc(C(=O)OCC)c1. The molecular formula is C31H46N2O2S.